The van der Waals surface area contributed by atoms with Crippen molar-refractivity contribution >= 4 is 12.4 Å². The second-order valence-corrected chi connectivity index (χ2v) is 2.60. The lowest BCUT2D eigenvalue weighted by molar-refractivity contribution is 0.720. The first-order chi connectivity index (χ1) is 5.91. The molecule has 0 aromatic heterocycles. The van der Waals surface area contributed by atoms with Gasteiger partial charge in [-0.15, -0.1) is 0 Å². The Morgan fingerprint density at radius 2 is 2.00 bits per heavy atom. The Balaban J connectivity index is 3.15. The summed E-state index contributed by atoms with van der Waals surface area (Å²) < 4.78 is 0. The molecule has 0 bridgehead atoms. The highest BCUT2D eigenvalue weighted by Gasteiger charge is 1.76. The lowest BCUT2D eigenvalue weighted by Gasteiger charge is -1.91. The second-order valence-electron chi connectivity index (χ2n) is 2.60. The molecule has 0 aromatic rings. The van der Waals surface area contributed by atoms with Crippen molar-refractivity contribution in [2.45, 2.75) is 33.1 Å². The van der Waals surface area contributed by atoms with Crippen molar-refractivity contribution in [3.05, 3.63) is 0 Å². The van der Waals surface area contributed by atoms with Gasteiger partial charge < -0.3 is 5.43 Å². The molecule has 12 heavy (non-hydrogen) atoms. The Morgan fingerprint density at radius 1 is 1.17 bits per heavy atom. The molecule has 70 valence electrons. The Morgan fingerprint density at radius 3 is 2.67 bits per heavy atom. The maximum absolute atomic E-state index is 4.14. The SMILES string of the molecule is CCCCN=C/C=N/NCCC. The first-order valence-electron chi connectivity index (χ1n) is 4.66. The van der Waals surface area contributed by atoms with E-state index in [1.165, 1.54) is 6.42 Å². The molecule has 0 atom stereocenters. The molecule has 0 saturated heterocycles. The molecule has 3 nitrogen and oxygen atoms in total. The summed E-state index contributed by atoms with van der Waals surface area (Å²) in [4.78, 5) is 4.14. The van der Waals surface area contributed by atoms with Gasteiger partial charge in [-0.05, 0) is 12.8 Å². The van der Waals surface area contributed by atoms with Gasteiger partial charge in [0.2, 0.25) is 0 Å². The number of unbranched alkanes of at least 4 members (excludes halogenated alkanes) is 1. The minimum atomic E-state index is 0.913. The number of hydrazone groups is 1. The number of hydrogen-bond donors (Lipinski definition) is 1. The van der Waals surface area contributed by atoms with Crippen molar-refractivity contribution in [1.29, 1.82) is 0 Å². The zero-order valence-corrected chi connectivity index (χ0v) is 8.08. The van der Waals surface area contributed by atoms with Gasteiger partial charge in [0.25, 0.3) is 0 Å². The number of hydrogen-bond acceptors (Lipinski definition) is 3. The van der Waals surface area contributed by atoms with Crippen LogP contribution in [0.25, 0.3) is 0 Å². The molecule has 3 heteroatoms. The Hall–Kier alpha value is -0.860. The van der Waals surface area contributed by atoms with Crippen molar-refractivity contribution in [3.63, 3.8) is 0 Å². The third-order valence-corrected chi connectivity index (χ3v) is 1.34. The zero-order chi connectivity index (χ0) is 9.07. The monoisotopic (exact) mass is 169 g/mol. The van der Waals surface area contributed by atoms with Gasteiger partial charge in [-0.1, -0.05) is 20.3 Å². The minimum absolute atomic E-state index is 0.913. The highest BCUT2D eigenvalue weighted by Crippen LogP contribution is 1.84. The van der Waals surface area contributed by atoms with Crippen molar-refractivity contribution in [1.82, 2.24) is 5.43 Å². The van der Waals surface area contributed by atoms with Gasteiger partial charge in [0.1, 0.15) is 0 Å². The molecule has 0 aromatic carbocycles. The Bertz CT molecular complexity index is 114. The first-order valence-corrected chi connectivity index (χ1v) is 4.66. The summed E-state index contributed by atoms with van der Waals surface area (Å²) in [6.45, 7) is 6.11. The lowest BCUT2D eigenvalue weighted by atomic mass is 10.3. The topological polar surface area (TPSA) is 36.8 Å². The molecular formula is C9H19N3. The van der Waals surface area contributed by atoms with Crippen LogP contribution in [0.15, 0.2) is 10.1 Å². The molecule has 0 rings (SSSR count). The smallest absolute Gasteiger partial charge is 0.0646 e. The van der Waals surface area contributed by atoms with Gasteiger partial charge in [0, 0.05) is 19.3 Å². The van der Waals surface area contributed by atoms with Crippen molar-refractivity contribution in [2.24, 2.45) is 10.1 Å². The first kappa shape index (κ1) is 11.1. The van der Waals surface area contributed by atoms with Gasteiger partial charge in [-0.2, -0.15) is 5.10 Å². The Kier molecular flexibility index (Phi) is 9.41. The molecule has 0 amide bonds. The molecule has 0 aliphatic carbocycles. The molecule has 0 saturated carbocycles. The molecular weight excluding hydrogens is 150 g/mol. The van der Waals surface area contributed by atoms with Gasteiger partial charge in [-0.25, -0.2) is 0 Å². The number of aliphatic imine (C=N–C) groups is 1. The summed E-state index contributed by atoms with van der Waals surface area (Å²) in [6, 6.07) is 0. The third-order valence-electron chi connectivity index (χ3n) is 1.34. The van der Waals surface area contributed by atoms with Crippen LogP contribution in [0.3, 0.4) is 0 Å². The van der Waals surface area contributed by atoms with E-state index >= 15 is 0 Å². The highest BCUT2D eigenvalue weighted by molar-refractivity contribution is 6.15. The fourth-order valence-corrected chi connectivity index (χ4v) is 0.633. The number of rotatable bonds is 7. The van der Waals surface area contributed by atoms with E-state index in [9.17, 15) is 0 Å². The summed E-state index contributed by atoms with van der Waals surface area (Å²) in [5, 5.41) is 3.93. The highest BCUT2D eigenvalue weighted by atomic mass is 15.3. The van der Waals surface area contributed by atoms with Crippen LogP contribution >= 0.6 is 0 Å². The predicted molar refractivity (Wildman–Crippen MR) is 55.1 cm³/mol. The normalized spacial score (nSPS) is 11.5. The van der Waals surface area contributed by atoms with E-state index in [2.05, 4.69) is 29.4 Å². The number of nitrogens with zero attached hydrogens (tertiary/aromatic N) is 2. The average Bonchev–Trinajstić information content (AvgIpc) is 2.10. The van der Waals surface area contributed by atoms with Crippen LogP contribution in [0.1, 0.15) is 33.1 Å². The average molecular weight is 169 g/mol. The molecule has 1 N–H and O–H groups in total. The van der Waals surface area contributed by atoms with E-state index in [1.54, 1.807) is 12.4 Å². The lowest BCUT2D eigenvalue weighted by Crippen LogP contribution is -2.05. The van der Waals surface area contributed by atoms with E-state index in [4.69, 9.17) is 0 Å². The number of nitrogens with one attached hydrogen (secondary N) is 1. The van der Waals surface area contributed by atoms with E-state index in [-0.39, 0.29) is 0 Å². The standard InChI is InChI=1S/C9H19N3/c1-3-5-7-10-8-9-12-11-6-4-2/h8-9,11H,3-7H2,1-2H3/b10-8?,12-9+. The van der Waals surface area contributed by atoms with Crippen LogP contribution in [-0.2, 0) is 0 Å². The van der Waals surface area contributed by atoms with Gasteiger partial charge in [0.05, 0.1) is 6.21 Å². The van der Waals surface area contributed by atoms with Crippen LogP contribution in [0, 0.1) is 0 Å². The van der Waals surface area contributed by atoms with Crippen molar-refractivity contribution in [2.75, 3.05) is 13.1 Å². The summed E-state index contributed by atoms with van der Waals surface area (Å²) in [7, 11) is 0. The summed E-state index contributed by atoms with van der Waals surface area (Å²) in [5.41, 5.74) is 2.90. The van der Waals surface area contributed by atoms with Crippen LogP contribution in [0.2, 0.25) is 0 Å². The molecule has 0 radical (unpaired) electrons. The summed E-state index contributed by atoms with van der Waals surface area (Å²) in [6.07, 6.45) is 6.91. The molecule has 0 spiro atoms. The van der Waals surface area contributed by atoms with Crippen LogP contribution in [0.5, 0.6) is 0 Å². The van der Waals surface area contributed by atoms with Crippen molar-refractivity contribution in [3.8, 4) is 0 Å². The molecule has 0 heterocycles. The molecule has 0 fully saturated rings. The summed E-state index contributed by atoms with van der Waals surface area (Å²) >= 11 is 0. The maximum atomic E-state index is 4.14. The van der Waals surface area contributed by atoms with Gasteiger partial charge in [-0.3, -0.25) is 4.99 Å². The quantitative estimate of drug-likeness (QED) is 0.352. The second kappa shape index (κ2) is 10.1. The van der Waals surface area contributed by atoms with E-state index < -0.39 is 0 Å². The van der Waals surface area contributed by atoms with E-state index in [0.29, 0.717) is 0 Å². The fourth-order valence-electron chi connectivity index (χ4n) is 0.633. The van der Waals surface area contributed by atoms with Gasteiger partial charge in [0.15, 0.2) is 0 Å². The largest absolute Gasteiger partial charge is 0.310 e. The van der Waals surface area contributed by atoms with Crippen LogP contribution < -0.4 is 5.43 Å². The third kappa shape index (κ3) is 9.14. The predicted octanol–water partition coefficient (Wildman–Crippen LogP) is 1.84. The van der Waals surface area contributed by atoms with Crippen LogP contribution in [-0.4, -0.2) is 25.5 Å². The molecule has 0 aliphatic heterocycles. The van der Waals surface area contributed by atoms with E-state index in [1.807, 2.05) is 0 Å². The zero-order valence-electron chi connectivity index (χ0n) is 8.08. The maximum Gasteiger partial charge on any atom is 0.0646 e. The Labute approximate surface area is 75.0 Å². The van der Waals surface area contributed by atoms with E-state index in [0.717, 1.165) is 25.9 Å². The fraction of sp³-hybridized carbons (Fsp3) is 0.778. The van der Waals surface area contributed by atoms with Gasteiger partial charge >= 0.3 is 0 Å². The van der Waals surface area contributed by atoms with Crippen molar-refractivity contribution < 1.29 is 0 Å². The summed E-state index contributed by atoms with van der Waals surface area (Å²) in [5.74, 6) is 0. The van der Waals surface area contributed by atoms with Crippen LogP contribution in [0.4, 0.5) is 0 Å². The molecule has 0 aliphatic rings. The minimum Gasteiger partial charge on any atom is -0.310 e. The molecule has 0 unspecified atom stereocenters.